The van der Waals surface area contributed by atoms with Gasteiger partial charge in [0.2, 0.25) is 0 Å². The fourth-order valence-corrected chi connectivity index (χ4v) is 2.51. The van der Waals surface area contributed by atoms with Crippen molar-refractivity contribution in [2.75, 3.05) is 0 Å². The van der Waals surface area contributed by atoms with Crippen molar-refractivity contribution in [2.24, 2.45) is 11.7 Å². The zero-order chi connectivity index (χ0) is 11.5. The second kappa shape index (κ2) is 4.78. The summed E-state index contributed by atoms with van der Waals surface area (Å²) in [5.74, 6) is 1.97. The monoisotopic (exact) mass is 221 g/mol. The quantitative estimate of drug-likeness (QED) is 0.795. The van der Waals surface area contributed by atoms with E-state index in [1.807, 2.05) is 0 Å². The Bertz CT molecular complexity index is 413. The van der Waals surface area contributed by atoms with Gasteiger partial charge in [-0.25, -0.2) is 4.98 Å². The van der Waals surface area contributed by atoms with Gasteiger partial charge in [-0.3, -0.25) is 4.79 Å². The summed E-state index contributed by atoms with van der Waals surface area (Å²) in [5.41, 5.74) is 6.14. The summed E-state index contributed by atoms with van der Waals surface area (Å²) in [4.78, 5) is 18.7. The molecule has 2 unspecified atom stereocenters. The fourth-order valence-electron chi connectivity index (χ4n) is 2.51. The molecule has 1 heterocycles. The first kappa shape index (κ1) is 11.3. The highest BCUT2D eigenvalue weighted by atomic mass is 16.1. The predicted molar refractivity (Wildman–Crippen MR) is 63.1 cm³/mol. The van der Waals surface area contributed by atoms with Crippen molar-refractivity contribution >= 4 is 0 Å². The molecule has 0 radical (unpaired) electrons. The molecular formula is C12H19N3O. The van der Waals surface area contributed by atoms with Crippen molar-refractivity contribution in [1.82, 2.24) is 9.97 Å². The normalized spacial score (nSPS) is 25.6. The molecule has 0 aliphatic heterocycles. The van der Waals surface area contributed by atoms with Crippen LogP contribution in [-0.4, -0.2) is 9.97 Å². The van der Waals surface area contributed by atoms with Crippen LogP contribution < -0.4 is 11.3 Å². The number of nitrogens with two attached hydrogens (primary N) is 1. The average molecular weight is 221 g/mol. The summed E-state index contributed by atoms with van der Waals surface area (Å²) in [6.07, 6.45) is 4.76. The van der Waals surface area contributed by atoms with Crippen LogP contribution in [-0.2, 0) is 6.54 Å². The van der Waals surface area contributed by atoms with Crippen LogP contribution in [0.1, 0.15) is 50.0 Å². The van der Waals surface area contributed by atoms with E-state index in [9.17, 15) is 4.79 Å². The minimum atomic E-state index is -0.0799. The van der Waals surface area contributed by atoms with Gasteiger partial charge >= 0.3 is 0 Å². The van der Waals surface area contributed by atoms with Gasteiger partial charge in [0.15, 0.2) is 0 Å². The molecule has 16 heavy (non-hydrogen) atoms. The molecule has 1 aromatic heterocycles. The molecule has 2 atom stereocenters. The van der Waals surface area contributed by atoms with Gasteiger partial charge in [-0.2, -0.15) is 0 Å². The van der Waals surface area contributed by atoms with Crippen molar-refractivity contribution < 1.29 is 0 Å². The van der Waals surface area contributed by atoms with Crippen LogP contribution in [0.2, 0.25) is 0 Å². The van der Waals surface area contributed by atoms with Gasteiger partial charge in [-0.1, -0.05) is 19.8 Å². The molecule has 0 amide bonds. The van der Waals surface area contributed by atoms with Crippen LogP contribution in [0, 0.1) is 5.92 Å². The minimum Gasteiger partial charge on any atom is -0.325 e. The number of nitrogens with zero attached hydrogens (tertiary/aromatic N) is 1. The predicted octanol–water partition coefficient (Wildman–Crippen LogP) is 1.52. The first-order valence-electron chi connectivity index (χ1n) is 5.99. The van der Waals surface area contributed by atoms with Crippen LogP contribution >= 0.6 is 0 Å². The molecule has 4 heteroatoms. The highest BCUT2D eigenvalue weighted by molar-refractivity contribution is 5.06. The van der Waals surface area contributed by atoms with E-state index in [1.54, 1.807) is 0 Å². The fraction of sp³-hybridized carbons (Fsp3) is 0.667. The maximum absolute atomic E-state index is 11.4. The second-order valence-electron chi connectivity index (χ2n) is 4.79. The van der Waals surface area contributed by atoms with Crippen molar-refractivity contribution in [3.05, 3.63) is 27.9 Å². The molecular weight excluding hydrogens is 202 g/mol. The van der Waals surface area contributed by atoms with E-state index in [-0.39, 0.29) is 5.56 Å². The Morgan fingerprint density at radius 3 is 3.06 bits per heavy atom. The average Bonchev–Trinajstić information content (AvgIpc) is 2.28. The molecule has 1 aliphatic rings. The number of hydrogen-bond acceptors (Lipinski definition) is 3. The number of aromatic nitrogens is 2. The zero-order valence-corrected chi connectivity index (χ0v) is 9.70. The number of H-pyrrole nitrogens is 1. The molecule has 1 aliphatic carbocycles. The molecule has 0 aromatic carbocycles. The second-order valence-corrected chi connectivity index (χ2v) is 4.79. The Balaban J connectivity index is 2.25. The van der Waals surface area contributed by atoms with E-state index >= 15 is 0 Å². The molecule has 2 rings (SSSR count). The Labute approximate surface area is 95.3 Å². The largest absolute Gasteiger partial charge is 0.325 e. The highest BCUT2D eigenvalue weighted by Gasteiger charge is 2.22. The highest BCUT2D eigenvalue weighted by Crippen LogP contribution is 2.33. The third-order valence-electron chi connectivity index (χ3n) is 3.35. The molecule has 0 saturated heterocycles. The topological polar surface area (TPSA) is 71.8 Å². The number of nitrogens with one attached hydrogen (secondary N) is 1. The molecule has 3 N–H and O–H groups in total. The van der Waals surface area contributed by atoms with Gasteiger partial charge in [-0.15, -0.1) is 0 Å². The summed E-state index contributed by atoms with van der Waals surface area (Å²) in [6, 6.07) is 1.48. The third-order valence-corrected chi connectivity index (χ3v) is 3.35. The van der Waals surface area contributed by atoms with Crippen molar-refractivity contribution in [1.29, 1.82) is 0 Å². The summed E-state index contributed by atoms with van der Waals surface area (Å²) in [5, 5.41) is 0. The lowest BCUT2D eigenvalue weighted by Crippen LogP contribution is -2.20. The van der Waals surface area contributed by atoms with Gasteiger partial charge in [0.25, 0.3) is 5.56 Å². The molecule has 0 bridgehead atoms. The lowest BCUT2D eigenvalue weighted by atomic mass is 9.82. The molecule has 1 fully saturated rings. The summed E-state index contributed by atoms with van der Waals surface area (Å²) < 4.78 is 0. The standard InChI is InChI=1S/C12H19N3O/c1-8-3-2-4-9(5-8)12-14-10(7-13)6-11(16)15-12/h6,8-9H,2-5,7,13H2,1H3,(H,14,15,16). The molecule has 1 saturated carbocycles. The summed E-state index contributed by atoms with van der Waals surface area (Å²) in [7, 11) is 0. The maximum atomic E-state index is 11.4. The van der Waals surface area contributed by atoms with E-state index < -0.39 is 0 Å². The lowest BCUT2D eigenvalue weighted by molar-refractivity contribution is 0.334. The third kappa shape index (κ3) is 2.50. The number of rotatable bonds is 2. The van der Waals surface area contributed by atoms with Crippen molar-refractivity contribution in [2.45, 2.75) is 45.1 Å². The van der Waals surface area contributed by atoms with Gasteiger partial charge in [0, 0.05) is 18.5 Å². The van der Waals surface area contributed by atoms with E-state index in [1.165, 1.54) is 18.9 Å². The first-order valence-corrected chi connectivity index (χ1v) is 5.99. The van der Waals surface area contributed by atoms with Gasteiger partial charge in [0.1, 0.15) is 5.82 Å². The van der Waals surface area contributed by atoms with E-state index in [0.29, 0.717) is 18.2 Å². The minimum absolute atomic E-state index is 0.0799. The Morgan fingerprint density at radius 2 is 2.38 bits per heavy atom. The molecule has 0 spiro atoms. The molecule has 88 valence electrons. The van der Waals surface area contributed by atoms with E-state index in [2.05, 4.69) is 16.9 Å². The number of hydrogen-bond donors (Lipinski definition) is 2. The van der Waals surface area contributed by atoms with E-state index in [0.717, 1.165) is 24.6 Å². The smallest absolute Gasteiger partial charge is 0.251 e. The van der Waals surface area contributed by atoms with Crippen LogP contribution in [0.15, 0.2) is 10.9 Å². The maximum Gasteiger partial charge on any atom is 0.251 e. The Hall–Kier alpha value is -1.16. The number of aromatic amines is 1. The Morgan fingerprint density at radius 1 is 1.56 bits per heavy atom. The Kier molecular flexibility index (Phi) is 3.39. The van der Waals surface area contributed by atoms with E-state index in [4.69, 9.17) is 5.73 Å². The molecule has 1 aromatic rings. The van der Waals surface area contributed by atoms with Gasteiger partial charge in [-0.05, 0) is 18.8 Å². The summed E-state index contributed by atoms with van der Waals surface area (Å²) in [6.45, 7) is 2.59. The van der Waals surface area contributed by atoms with Gasteiger partial charge in [0.05, 0.1) is 5.69 Å². The van der Waals surface area contributed by atoms with Crippen molar-refractivity contribution in [3.63, 3.8) is 0 Å². The van der Waals surface area contributed by atoms with Crippen LogP contribution in [0.25, 0.3) is 0 Å². The van der Waals surface area contributed by atoms with Crippen molar-refractivity contribution in [3.8, 4) is 0 Å². The summed E-state index contributed by atoms with van der Waals surface area (Å²) >= 11 is 0. The molecule has 4 nitrogen and oxygen atoms in total. The zero-order valence-electron chi connectivity index (χ0n) is 9.70. The first-order chi connectivity index (χ1) is 7.69. The van der Waals surface area contributed by atoms with Crippen LogP contribution in [0.3, 0.4) is 0 Å². The van der Waals surface area contributed by atoms with Crippen LogP contribution in [0.4, 0.5) is 0 Å². The van der Waals surface area contributed by atoms with Crippen LogP contribution in [0.5, 0.6) is 0 Å². The SMILES string of the molecule is CC1CCCC(c2nc(CN)cc(=O)[nH]2)C1. The van der Waals surface area contributed by atoms with Gasteiger partial charge < -0.3 is 10.7 Å². The lowest BCUT2D eigenvalue weighted by Gasteiger charge is -2.25.